The highest BCUT2D eigenvalue weighted by atomic mass is 32.2. The van der Waals surface area contributed by atoms with E-state index in [0.29, 0.717) is 167 Å². The lowest BCUT2D eigenvalue weighted by molar-refractivity contribution is 0.340. The second-order valence-corrected chi connectivity index (χ2v) is 44.8. The summed E-state index contributed by atoms with van der Waals surface area (Å²) in [7, 11) is 0. The van der Waals surface area contributed by atoms with Gasteiger partial charge in [-0.25, -0.2) is 29.9 Å². The fourth-order valence-corrected chi connectivity index (χ4v) is 21.9. The SMILES string of the molecule is C#CC(C)(C)c1ccc(-c2nc3n(c(=O)c2C#N)CC(C)CS3)cn1.CC(C)(C)c1ccc(-c2nc3n(c(=O)c2C#N)CCCS3)cn1.CC(C)C1CSc2nc(-c3ccc(C(C)(C)C)nc3)c(C#N)c(=O)n2C1.CCC1CSc2nc(-c3ccc(C(C)(C)C)nc3)c(C#N)c(=O)n2C1.Cc1ccc(-c2nc3n(c(=O)c2C#N)CC(C)CS3)cn1.Cc1ccc(-c2nc3n(c(=O)c2C#N)CCCS3)cn1. The Morgan fingerprint density at radius 1 is 0.357 bits per heavy atom. The van der Waals surface area contributed by atoms with Crippen molar-refractivity contribution in [2.75, 3.05) is 34.5 Å². The number of aromatic nitrogens is 18. The molecular formula is C104H108N24O6S6. The van der Waals surface area contributed by atoms with Gasteiger partial charge in [0.2, 0.25) is 0 Å². The van der Waals surface area contributed by atoms with Crippen LogP contribution >= 0.6 is 70.6 Å². The van der Waals surface area contributed by atoms with Gasteiger partial charge < -0.3 is 0 Å². The molecule has 0 radical (unpaired) electrons. The van der Waals surface area contributed by atoms with E-state index in [1.165, 1.54) is 0 Å². The number of terminal acetylenes is 1. The molecule has 30 nitrogen and oxygen atoms in total. The molecule has 4 atom stereocenters. The summed E-state index contributed by atoms with van der Waals surface area (Å²) in [5.74, 6) is 10.5. The van der Waals surface area contributed by atoms with Gasteiger partial charge in [-0.1, -0.05) is 180 Å². The van der Waals surface area contributed by atoms with Gasteiger partial charge >= 0.3 is 0 Å². The zero-order chi connectivity index (χ0) is 101. The Morgan fingerprint density at radius 3 is 0.886 bits per heavy atom. The Hall–Kier alpha value is -13.2. The van der Waals surface area contributed by atoms with Crippen molar-refractivity contribution in [3.05, 3.63) is 240 Å². The molecule has 12 aromatic rings. The van der Waals surface area contributed by atoms with Crippen LogP contribution in [0.3, 0.4) is 0 Å². The third-order valence-corrected chi connectivity index (χ3v) is 31.2. The number of nitriles is 6. The molecule has 0 fully saturated rings. The van der Waals surface area contributed by atoms with Crippen molar-refractivity contribution in [2.24, 2.45) is 29.6 Å². The number of rotatable bonds is 9. The Kier molecular flexibility index (Phi) is 33.1. The van der Waals surface area contributed by atoms with Crippen LogP contribution in [0.25, 0.3) is 67.5 Å². The molecule has 18 rings (SSSR count). The molecule has 0 amide bonds. The molecule has 36 heteroatoms. The second kappa shape index (κ2) is 44.5. The monoisotopic (exact) mass is 1980 g/mol. The van der Waals surface area contributed by atoms with E-state index in [0.717, 1.165) is 87.9 Å². The first-order chi connectivity index (χ1) is 66.6. The number of nitrogens with zero attached hydrogens (tertiary/aromatic N) is 24. The van der Waals surface area contributed by atoms with Crippen molar-refractivity contribution in [3.8, 4) is 116 Å². The third kappa shape index (κ3) is 23.4. The molecular weight excluding hydrogens is 1870 g/mol. The molecule has 0 saturated heterocycles. The summed E-state index contributed by atoms with van der Waals surface area (Å²) in [6.45, 7) is 40.8. The van der Waals surface area contributed by atoms with Gasteiger partial charge in [-0.2, -0.15) is 31.6 Å². The standard InChI is InChI=1S/C20H24N4OS.C19H22N4OS.C19H18N4OS.C17H18N4OS.C15H14N4OS.C14H12N4OS/c1-12(2)14-10-24-18(25)15(8-21)17(23-19(24)26-11-14)13-6-7-16(22-9-13)20(3,4)5;1-5-12-10-23-17(24)14(8-20)16(22-18(23)25-11-12)13-6-7-15(21-9-13)19(2,3)4;1-5-19(3,4)15-7-6-13(9-21-15)16-14(8-20)17(24)23-10-12(2)11-25-18(23)22-16;1-17(2,3)13-6-5-11(10-19-13)14-12(9-18)15(22)21-7-4-8-23-16(21)20-14;1-9-7-19-14(20)12(5-16)13(18-15(19)21-8-9)11-4-3-10(2)17-6-11;1-9-3-4-10(8-16-9)12-11(7-15)13(19)18-5-2-6-20-14(18)17-12/h6-7,9,12,14H,10-11H2,1-5H3;6-7,9,12H,5,10-11H2,1-4H3;1,6-7,9,12H,10-11H2,2-4H3;5-6,10H,4,7-8H2,1-3H3;3-4,6,9H,7-8H2,1-2H3;3-4,8H,2,5-6H2,1H3. The van der Waals surface area contributed by atoms with Crippen molar-refractivity contribution >= 4 is 70.6 Å². The predicted octanol–water partition coefficient (Wildman–Crippen LogP) is 17.5. The summed E-state index contributed by atoms with van der Waals surface area (Å²) < 4.78 is 9.73. The third-order valence-electron chi connectivity index (χ3n) is 24.0. The van der Waals surface area contributed by atoms with Crippen LogP contribution < -0.4 is 33.4 Å². The molecule has 0 spiro atoms. The van der Waals surface area contributed by atoms with Crippen molar-refractivity contribution in [1.82, 2.24) is 87.2 Å². The first-order valence-corrected chi connectivity index (χ1v) is 51.9. The Bertz CT molecular complexity index is 7430. The maximum absolute atomic E-state index is 12.9. The first-order valence-electron chi connectivity index (χ1n) is 45.9. The summed E-state index contributed by atoms with van der Waals surface area (Å²) in [5.41, 5.74) is 10.6. The zero-order valence-corrected chi connectivity index (χ0v) is 86.5. The van der Waals surface area contributed by atoms with Crippen LogP contribution in [0.5, 0.6) is 0 Å². The van der Waals surface area contributed by atoms with Crippen molar-refractivity contribution in [2.45, 2.75) is 236 Å². The van der Waals surface area contributed by atoms with E-state index in [1.807, 2.05) is 125 Å². The summed E-state index contributed by atoms with van der Waals surface area (Å²) in [6, 6.07) is 34.7. The predicted molar refractivity (Wildman–Crippen MR) is 550 cm³/mol. The summed E-state index contributed by atoms with van der Waals surface area (Å²) >= 11 is 9.42. The molecule has 12 aromatic heterocycles. The highest BCUT2D eigenvalue weighted by molar-refractivity contribution is 8.00. The maximum Gasteiger partial charge on any atom is 0.272 e. The fourth-order valence-electron chi connectivity index (χ4n) is 15.5. The van der Waals surface area contributed by atoms with Crippen LogP contribution in [0.4, 0.5) is 0 Å². The molecule has 0 bridgehead atoms. The van der Waals surface area contributed by atoms with Gasteiger partial charge in [0.1, 0.15) is 69.8 Å². The van der Waals surface area contributed by atoms with E-state index in [9.17, 15) is 60.3 Å². The van der Waals surface area contributed by atoms with Crippen LogP contribution in [-0.2, 0) is 60.9 Å². The van der Waals surface area contributed by atoms with Crippen LogP contribution in [0.2, 0.25) is 0 Å². The number of hydrogen-bond acceptors (Lipinski definition) is 30. The number of hydrogen-bond donors (Lipinski definition) is 0. The van der Waals surface area contributed by atoms with E-state index in [1.54, 1.807) is 135 Å². The van der Waals surface area contributed by atoms with Gasteiger partial charge in [0.15, 0.2) is 30.9 Å². The molecule has 0 aliphatic carbocycles. The average molecular weight is 1980 g/mol. The minimum absolute atomic E-state index is 0.0464. The molecule has 6 aliphatic rings. The number of aryl methyl sites for hydroxylation is 2. The van der Waals surface area contributed by atoms with E-state index >= 15 is 0 Å². The molecule has 716 valence electrons. The summed E-state index contributed by atoms with van der Waals surface area (Å²) in [4.78, 5) is 130. The smallest absolute Gasteiger partial charge is 0.272 e. The van der Waals surface area contributed by atoms with Crippen molar-refractivity contribution in [3.63, 3.8) is 0 Å². The van der Waals surface area contributed by atoms with Gasteiger partial charge in [-0.3, -0.25) is 86.1 Å². The van der Waals surface area contributed by atoms with Crippen molar-refractivity contribution in [1.29, 1.82) is 31.6 Å². The van der Waals surface area contributed by atoms with Crippen LogP contribution in [-0.4, -0.2) is 122 Å². The minimum atomic E-state index is -0.481. The topological polar surface area (TPSA) is 429 Å². The van der Waals surface area contributed by atoms with Gasteiger partial charge in [0.25, 0.3) is 33.4 Å². The van der Waals surface area contributed by atoms with E-state index in [4.69, 9.17) is 6.42 Å². The van der Waals surface area contributed by atoms with Gasteiger partial charge in [0.05, 0.1) is 45.3 Å². The lowest BCUT2D eigenvalue weighted by atomic mass is 9.89. The minimum Gasteiger partial charge on any atom is -0.286 e. The Balaban J connectivity index is 0.000000142. The zero-order valence-electron chi connectivity index (χ0n) is 81.6. The van der Waals surface area contributed by atoms with Gasteiger partial charge in [-0.15, -0.1) is 6.42 Å². The second-order valence-electron chi connectivity index (χ2n) is 38.7. The normalized spacial score (nSPS) is 16.0. The quantitative estimate of drug-likeness (QED) is 0.0956. The lowest BCUT2D eigenvalue weighted by Gasteiger charge is -2.28. The molecule has 6 aliphatic heterocycles. The molecule has 0 saturated carbocycles. The first kappa shape index (κ1) is 104. The van der Waals surface area contributed by atoms with Gasteiger partial charge in [-0.05, 0) is 143 Å². The fraction of sp³-hybridized carbons (Fsp3) is 0.404. The van der Waals surface area contributed by atoms with Gasteiger partial charge in [0, 0.05) is 189 Å². The number of pyridine rings is 6. The average Bonchev–Trinajstić information content (AvgIpc) is 0.780. The van der Waals surface area contributed by atoms with E-state index in [2.05, 4.69) is 175 Å². The lowest BCUT2D eigenvalue weighted by Crippen LogP contribution is -2.34. The molecule has 4 unspecified atom stereocenters. The Morgan fingerprint density at radius 2 is 0.621 bits per heavy atom. The van der Waals surface area contributed by atoms with Crippen LogP contribution in [0.15, 0.2) is 170 Å². The van der Waals surface area contributed by atoms with Crippen molar-refractivity contribution < 1.29 is 0 Å². The van der Waals surface area contributed by atoms with Crippen LogP contribution in [0, 0.1) is 124 Å². The Labute approximate surface area is 839 Å². The highest BCUT2D eigenvalue weighted by Crippen LogP contribution is 2.38. The maximum atomic E-state index is 12.9. The summed E-state index contributed by atoms with van der Waals surface area (Å²) in [5, 5.41) is 60.8. The largest absolute Gasteiger partial charge is 0.286 e. The molecule has 0 aromatic carbocycles. The number of thioether (sulfide) groups is 6. The van der Waals surface area contributed by atoms with E-state index < -0.39 is 5.41 Å². The molecule has 0 N–H and O–H groups in total. The molecule has 140 heavy (non-hydrogen) atoms. The van der Waals surface area contributed by atoms with E-state index in [-0.39, 0.29) is 83.0 Å². The number of fused-ring (bicyclic) bond motifs is 6. The van der Waals surface area contributed by atoms with Crippen LogP contribution in [0.1, 0.15) is 198 Å². The highest BCUT2D eigenvalue weighted by Gasteiger charge is 2.33. The molecule has 18 heterocycles. The summed E-state index contributed by atoms with van der Waals surface area (Å²) in [6.07, 6.45) is 18.5.